The molecule has 0 spiro atoms. The van der Waals surface area contributed by atoms with Gasteiger partial charge in [-0.3, -0.25) is 0 Å². The third-order valence-electron chi connectivity index (χ3n) is 19.1. The van der Waals surface area contributed by atoms with Crippen molar-refractivity contribution in [3.05, 3.63) is 418 Å². The predicted molar refractivity (Wildman–Crippen MR) is 519 cm³/mol. The van der Waals surface area contributed by atoms with Gasteiger partial charge in [0, 0.05) is 72.7 Å². The van der Waals surface area contributed by atoms with Crippen LogP contribution in [-0.2, 0) is 62.8 Å². The van der Waals surface area contributed by atoms with E-state index >= 15 is 0 Å². The van der Waals surface area contributed by atoms with Gasteiger partial charge in [0.1, 0.15) is 55.5 Å². The Labute approximate surface area is 800 Å². The molecule has 0 fully saturated rings. The Kier molecular flexibility index (Phi) is 38.8. The Morgan fingerprint density at radius 2 is 0.597 bits per heavy atom. The van der Waals surface area contributed by atoms with E-state index in [4.69, 9.17) is 65.8 Å². The van der Waals surface area contributed by atoms with E-state index in [1.54, 1.807) is 123 Å². The monoisotopic (exact) mass is 2110 g/mol. The second kappa shape index (κ2) is 51.5. The van der Waals surface area contributed by atoms with Crippen molar-refractivity contribution in [3.63, 3.8) is 0 Å². The highest BCUT2D eigenvalue weighted by molar-refractivity contribution is 14.1. The number of nitrogens with zero attached hydrogens (tertiary/aromatic N) is 10. The van der Waals surface area contributed by atoms with Gasteiger partial charge < -0.3 is 65.5 Å². The molecule has 24 nitrogen and oxygen atoms in total. The Bertz CT molecular complexity index is 5860. The van der Waals surface area contributed by atoms with Crippen molar-refractivity contribution < 1.29 is 66.6 Å². The number of para-hydroxylation sites is 1. The zero-order valence-electron chi connectivity index (χ0n) is 71.3. The number of aromatic nitrogens is 10. The first-order chi connectivity index (χ1) is 62.6. The molecule has 10 aromatic carbocycles. The van der Waals surface area contributed by atoms with Crippen molar-refractivity contribution >= 4 is 121 Å². The summed E-state index contributed by atoms with van der Waals surface area (Å²) in [5.74, 6) is 0.937. The first-order valence-corrected chi connectivity index (χ1v) is 45.0. The van der Waals surface area contributed by atoms with E-state index in [9.17, 15) is 24.0 Å². The minimum Gasteiger partial charge on any atom is -0.490 e. The van der Waals surface area contributed by atoms with E-state index < -0.39 is 36.4 Å². The Hall–Kier alpha value is -12.4. The van der Waals surface area contributed by atoms with Gasteiger partial charge >= 0.3 is 29.8 Å². The van der Waals surface area contributed by atoms with Crippen LogP contribution in [0.15, 0.2) is 336 Å². The van der Waals surface area contributed by atoms with Gasteiger partial charge in [-0.1, -0.05) is 138 Å². The highest BCUT2D eigenvalue weighted by Gasteiger charge is 2.25. The molecular formula is C100H95Cl2I3N10O14. The molecule has 0 saturated carbocycles. The smallest absolute Gasteiger partial charge is 0.340 e. The van der Waals surface area contributed by atoms with E-state index in [0.717, 1.165) is 62.2 Å². The molecule has 129 heavy (non-hydrogen) atoms. The van der Waals surface area contributed by atoms with Crippen molar-refractivity contribution in [2.75, 3.05) is 26.4 Å². The molecule has 0 N–H and O–H groups in total. The first kappa shape index (κ1) is 97.2. The molecule has 0 radical (unpaired) electrons. The van der Waals surface area contributed by atoms with Gasteiger partial charge in [0.05, 0.1) is 102 Å². The summed E-state index contributed by atoms with van der Waals surface area (Å²) in [6, 6.07) is 75.0. The molecule has 0 aliphatic heterocycles. The third-order valence-corrected chi connectivity index (χ3v) is 21.9. The highest BCUT2D eigenvalue weighted by atomic mass is 127. The number of rotatable bonds is 34. The molecule has 29 heteroatoms. The van der Waals surface area contributed by atoms with E-state index in [1.807, 2.05) is 264 Å². The van der Waals surface area contributed by atoms with Gasteiger partial charge in [-0.2, -0.15) is 0 Å². The zero-order chi connectivity index (χ0) is 91.1. The zero-order valence-corrected chi connectivity index (χ0v) is 79.3. The van der Waals surface area contributed by atoms with Crippen LogP contribution in [0.2, 0.25) is 10.0 Å². The van der Waals surface area contributed by atoms with E-state index in [0.29, 0.717) is 76.3 Å². The quantitative estimate of drug-likeness (QED) is 0.0206. The normalized spacial score (nSPS) is 11.8. The lowest BCUT2D eigenvalue weighted by Crippen LogP contribution is -2.29. The summed E-state index contributed by atoms with van der Waals surface area (Å²) in [6.07, 6.45) is 24.8. The first-order valence-electron chi connectivity index (χ1n) is 41.0. The lowest BCUT2D eigenvalue weighted by molar-refractivity contribution is 0.0118. The number of carbonyl (C=O) groups excluding carboxylic acids is 5. The molecule has 0 aliphatic rings. The van der Waals surface area contributed by atoms with Gasteiger partial charge in [-0.25, -0.2) is 48.9 Å². The van der Waals surface area contributed by atoms with Crippen LogP contribution in [-0.4, -0.2) is 128 Å². The van der Waals surface area contributed by atoms with Crippen LogP contribution in [0.1, 0.15) is 98.2 Å². The molecule has 15 rings (SSSR count). The standard InChI is InChI=1S/C21H21IN2O3.C20H18ClIN2O3.C20H19ClN2O3.C20H19IN2O3.C19H18N2O2/c1-2-16-3-5-17(6-4-16)21(25)27-20(13-24-12-11-23-15-24)14-26-19-9-7-18(22)8-10-19;1-14-2-7-18(19(21)10-14)20(25)27-17(11-24-9-8-23-13-24)12-26-16-5-3-15(22)4-6-16;1-15-7-8-18(19(21)11-15)20(24)26-17(12-23-10-9-22-14-23)13-25-16-5-3-2-4-6-16;1-15-2-4-16(5-3-15)20(24)26-19(12-23-11-10-22-14-23)13-25-18-8-6-17(21)7-9-18;1-15-7-9-17(10-8-15)19(22)23-18(13-21-12-11-20-14-21)16-5-3-2-4-6-16/h3-12,15,20H,2,13-14H2,1H3;2-10,13,17H,11-12H2,1H3;2-11,14,17H,12-13H2,1H3;2-11,14,19H,12-13H2,1H3;2-12,14,18H,13H2,1H3/t20-;2*17-;19-;18-/m11111/s1. The van der Waals surface area contributed by atoms with Crippen molar-refractivity contribution in [2.24, 2.45) is 0 Å². The van der Waals surface area contributed by atoms with Crippen LogP contribution in [0.5, 0.6) is 23.0 Å². The largest absolute Gasteiger partial charge is 0.490 e. The molecule has 5 aromatic heterocycles. The molecule has 0 bridgehead atoms. The highest BCUT2D eigenvalue weighted by Crippen LogP contribution is 2.27. The van der Waals surface area contributed by atoms with Crippen LogP contribution in [0.3, 0.4) is 0 Å². The number of hydrogen-bond donors (Lipinski definition) is 0. The lowest BCUT2D eigenvalue weighted by Gasteiger charge is -2.19. The van der Waals surface area contributed by atoms with E-state index in [-0.39, 0.29) is 50.4 Å². The maximum atomic E-state index is 12.6. The average molecular weight is 2110 g/mol. The number of esters is 5. The summed E-state index contributed by atoms with van der Waals surface area (Å²) >= 11 is 19.1. The fourth-order valence-corrected chi connectivity index (χ4v) is 13.9. The SMILES string of the molecule is CCc1ccc(C(=O)O[C@@H](COc2ccc(I)cc2)Cn2ccnc2)cc1.Cc1ccc(C(=O)O[C@@H](COc2ccc(I)cc2)Cn2ccnc2)c(Cl)c1.Cc1ccc(C(=O)O[C@@H](COc2ccc(I)cc2)Cn2ccnc2)cc1.Cc1ccc(C(=O)O[C@@H](COc2ccccc2)Cn2ccnc2)c(Cl)c1.Cc1ccc(C(=O)O[C@H](Cn2ccnc2)c2ccccc2)cc1. The second-order valence-corrected chi connectivity index (χ2v) is 33.9. The number of ether oxygens (including phenoxy) is 9. The van der Waals surface area contributed by atoms with Crippen LogP contribution < -0.4 is 18.9 Å². The molecule has 0 saturated heterocycles. The van der Waals surface area contributed by atoms with Crippen molar-refractivity contribution in [1.82, 2.24) is 47.8 Å². The summed E-state index contributed by atoms with van der Waals surface area (Å²) < 4.78 is 64.4. The number of hydrogen-bond acceptors (Lipinski definition) is 19. The minimum atomic E-state index is -0.497. The Morgan fingerprint density at radius 3 is 0.899 bits per heavy atom. The minimum absolute atomic E-state index is 0.216. The second-order valence-electron chi connectivity index (χ2n) is 29.4. The molecule has 15 aromatic rings. The summed E-state index contributed by atoms with van der Waals surface area (Å²) in [7, 11) is 0. The van der Waals surface area contributed by atoms with Gasteiger partial charge in [0.2, 0.25) is 0 Å². The van der Waals surface area contributed by atoms with Crippen molar-refractivity contribution in [1.29, 1.82) is 0 Å². The molecule has 664 valence electrons. The van der Waals surface area contributed by atoms with Crippen LogP contribution in [0.4, 0.5) is 0 Å². The summed E-state index contributed by atoms with van der Waals surface area (Å²) in [4.78, 5) is 82.7. The fourth-order valence-electron chi connectivity index (χ4n) is 12.2. The number of carbonyl (C=O) groups is 5. The van der Waals surface area contributed by atoms with E-state index in [2.05, 4.69) is 99.6 Å². The summed E-state index contributed by atoms with van der Waals surface area (Å²) in [5.41, 5.74) is 8.62. The van der Waals surface area contributed by atoms with Gasteiger partial charge in [-0.05, 0) is 270 Å². The number of aryl methyl sites for hydroxylation is 5. The number of imidazole rings is 5. The van der Waals surface area contributed by atoms with Crippen LogP contribution >= 0.6 is 91.0 Å². The van der Waals surface area contributed by atoms with Gasteiger partial charge in [-0.15, -0.1) is 0 Å². The predicted octanol–water partition coefficient (Wildman–Crippen LogP) is 21.1. The number of halogens is 5. The Balaban J connectivity index is 0.000000156. The van der Waals surface area contributed by atoms with Crippen molar-refractivity contribution in [2.45, 2.75) is 104 Å². The Morgan fingerprint density at radius 1 is 0.318 bits per heavy atom. The molecular weight excluding hydrogens is 2020 g/mol. The topological polar surface area (TPSA) is 258 Å². The maximum absolute atomic E-state index is 12.6. The van der Waals surface area contributed by atoms with E-state index in [1.165, 1.54) is 5.56 Å². The summed E-state index contributed by atoms with van der Waals surface area (Å²) in [6.45, 7) is 13.2. The van der Waals surface area contributed by atoms with Crippen LogP contribution in [0, 0.1) is 38.4 Å². The molecule has 5 atom stereocenters. The lowest BCUT2D eigenvalue weighted by atomic mass is 10.1. The molecule has 0 aliphatic carbocycles. The third kappa shape index (κ3) is 33.6. The van der Waals surface area contributed by atoms with Crippen molar-refractivity contribution in [3.8, 4) is 23.0 Å². The van der Waals surface area contributed by atoms with Crippen LogP contribution in [0.25, 0.3) is 0 Å². The maximum Gasteiger partial charge on any atom is 0.340 e. The average Bonchev–Trinajstić information content (AvgIpc) is 1.03. The summed E-state index contributed by atoms with van der Waals surface area (Å²) in [5, 5.41) is 0.750. The van der Waals surface area contributed by atoms with Gasteiger partial charge in [0.25, 0.3) is 0 Å². The molecule has 5 heterocycles. The molecule has 0 unspecified atom stereocenters. The van der Waals surface area contributed by atoms with Gasteiger partial charge in [0.15, 0.2) is 24.4 Å². The fraction of sp³-hybridized carbons (Fsp3) is 0.200. The molecule has 0 amide bonds. The number of benzene rings is 10.